The Kier molecular flexibility index (Phi) is 3.96. The fourth-order valence-corrected chi connectivity index (χ4v) is 3.53. The molecule has 3 nitrogen and oxygen atoms in total. The summed E-state index contributed by atoms with van der Waals surface area (Å²) >= 11 is 5.68. The molecule has 0 fully saturated rings. The van der Waals surface area contributed by atoms with Crippen LogP contribution in [-0.4, -0.2) is 21.1 Å². The van der Waals surface area contributed by atoms with Crippen LogP contribution in [0.25, 0.3) is 0 Å². The number of rotatable bonds is 1. The zero-order chi connectivity index (χ0) is 15.9. The topological polar surface area (TPSA) is 20.2 Å². The molecule has 3 rings (SSSR count). The summed E-state index contributed by atoms with van der Waals surface area (Å²) in [6.45, 7) is 10.6. The molecule has 0 aliphatic carbocycles. The van der Waals surface area contributed by atoms with Gasteiger partial charge in [-0.1, -0.05) is 12.1 Å². The second kappa shape index (κ2) is 5.76. The molecule has 0 spiro atoms. The molecule has 2 aromatic rings. The summed E-state index contributed by atoms with van der Waals surface area (Å²) in [6, 6.07) is 11.0. The van der Waals surface area contributed by atoms with E-state index in [9.17, 15) is 0 Å². The van der Waals surface area contributed by atoms with Gasteiger partial charge in [-0.2, -0.15) is 0 Å². The number of benzene rings is 1. The van der Waals surface area contributed by atoms with Crippen molar-refractivity contribution in [2.24, 2.45) is 0 Å². The summed E-state index contributed by atoms with van der Waals surface area (Å²) in [7, 11) is 0. The van der Waals surface area contributed by atoms with Gasteiger partial charge in [-0.15, -0.1) is 0 Å². The zero-order valence-electron chi connectivity index (χ0n) is 13.7. The summed E-state index contributed by atoms with van der Waals surface area (Å²) in [4.78, 5) is 2.28. The average molecular weight is 313 g/mol. The minimum atomic E-state index is 0.299. The van der Waals surface area contributed by atoms with E-state index in [0.29, 0.717) is 6.04 Å². The first kappa shape index (κ1) is 15.1. The molecule has 116 valence electrons. The first-order chi connectivity index (χ1) is 10.5. The maximum absolute atomic E-state index is 5.68. The number of nitrogens with one attached hydrogen (secondary N) is 1. The Hall–Kier alpha value is -1.81. The quantitative estimate of drug-likeness (QED) is 0.797. The van der Waals surface area contributed by atoms with Gasteiger partial charge < -0.3 is 14.8 Å². The molecule has 1 aliphatic heterocycles. The van der Waals surface area contributed by atoms with Gasteiger partial charge in [0.2, 0.25) is 0 Å². The molecule has 1 atom stereocenters. The number of hydrogen-bond donors (Lipinski definition) is 1. The van der Waals surface area contributed by atoms with Crippen LogP contribution in [0.5, 0.6) is 0 Å². The van der Waals surface area contributed by atoms with Crippen molar-refractivity contribution in [1.82, 2.24) is 9.47 Å². The Morgan fingerprint density at radius 2 is 1.91 bits per heavy atom. The number of fused-ring (bicyclic) bond motifs is 1. The molecule has 0 amide bonds. The van der Waals surface area contributed by atoms with Crippen molar-refractivity contribution < 1.29 is 0 Å². The lowest BCUT2D eigenvalue weighted by atomic mass is 10.1. The molecule has 0 unspecified atom stereocenters. The SMILES string of the molecule is Cc1cccc(NC(=S)N2CCn3c(C)ccc3[C@@H]2C)c1C. The van der Waals surface area contributed by atoms with Crippen LogP contribution in [0, 0.1) is 20.8 Å². The van der Waals surface area contributed by atoms with E-state index >= 15 is 0 Å². The molecule has 1 N–H and O–H groups in total. The van der Waals surface area contributed by atoms with Crippen molar-refractivity contribution in [3.63, 3.8) is 0 Å². The van der Waals surface area contributed by atoms with E-state index in [4.69, 9.17) is 12.2 Å². The Labute approximate surface area is 137 Å². The van der Waals surface area contributed by atoms with Crippen molar-refractivity contribution in [3.8, 4) is 0 Å². The molecule has 0 bridgehead atoms. The molecular weight excluding hydrogens is 290 g/mol. The molecule has 0 saturated carbocycles. The molecule has 1 aliphatic rings. The minimum absolute atomic E-state index is 0.299. The summed E-state index contributed by atoms with van der Waals surface area (Å²) in [6.07, 6.45) is 0. The van der Waals surface area contributed by atoms with Crippen molar-refractivity contribution in [2.75, 3.05) is 11.9 Å². The van der Waals surface area contributed by atoms with Crippen molar-refractivity contribution in [1.29, 1.82) is 0 Å². The van der Waals surface area contributed by atoms with Gasteiger partial charge in [0.1, 0.15) is 0 Å². The highest BCUT2D eigenvalue weighted by Gasteiger charge is 2.26. The standard InChI is InChI=1S/C18H23N3S/c1-12-6-5-7-16(14(12)3)19-18(22)21-11-10-20-13(2)8-9-17(20)15(21)4/h5-9,15H,10-11H2,1-4H3,(H,19,22)/t15-/m0/s1. The van der Waals surface area contributed by atoms with Gasteiger partial charge in [0.25, 0.3) is 0 Å². The second-order valence-electron chi connectivity index (χ2n) is 6.10. The van der Waals surface area contributed by atoms with E-state index in [-0.39, 0.29) is 0 Å². The normalized spacial score (nSPS) is 17.3. The largest absolute Gasteiger partial charge is 0.345 e. The fourth-order valence-electron chi connectivity index (χ4n) is 3.17. The van der Waals surface area contributed by atoms with Crippen LogP contribution in [0.3, 0.4) is 0 Å². The van der Waals surface area contributed by atoms with Crippen LogP contribution in [0.15, 0.2) is 30.3 Å². The predicted molar refractivity (Wildman–Crippen MR) is 96.4 cm³/mol. The maximum Gasteiger partial charge on any atom is 0.174 e. The molecule has 0 radical (unpaired) electrons. The number of aryl methyl sites for hydroxylation is 2. The molecular formula is C18H23N3S. The Morgan fingerprint density at radius 3 is 2.68 bits per heavy atom. The van der Waals surface area contributed by atoms with Gasteiger partial charge in [-0.05, 0) is 69.2 Å². The third-order valence-electron chi connectivity index (χ3n) is 4.80. The smallest absolute Gasteiger partial charge is 0.174 e. The van der Waals surface area contributed by atoms with Gasteiger partial charge in [-0.25, -0.2) is 0 Å². The molecule has 0 saturated heterocycles. The van der Waals surface area contributed by atoms with Crippen LogP contribution < -0.4 is 5.32 Å². The highest BCUT2D eigenvalue weighted by Crippen LogP contribution is 2.28. The summed E-state index contributed by atoms with van der Waals surface area (Å²) in [5.41, 5.74) is 6.32. The number of anilines is 1. The first-order valence-corrected chi connectivity index (χ1v) is 8.19. The predicted octanol–water partition coefficient (Wildman–Crippen LogP) is 4.19. The summed E-state index contributed by atoms with van der Waals surface area (Å²) in [5.74, 6) is 0. The van der Waals surface area contributed by atoms with E-state index in [2.05, 4.69) is 72.8 Å². The van der Waals surface area contributed by atoms with E-state index in [0.717, 1.165) is 23.9 Å². The number of aromatic nitrogens is 1. The van der Waals surface area contributed by atoms with Crippen LogP contribution >= 0.6 is 12.2 Å². The minimum Gasteiger partial charge on any atom is -0.345 e. The molecule has 4 heteroatoms. The van der Waals surface area contributed by atoms with Crippen LogP contribution in [0.4, 0.5) is 5.69 Å². The average Bonchev–Trinajstić information content (AvgIpc) is 2.87. The maximum atomic E-state index is 5.68. The van der Waals surface area contributed by atoms with Crippen molar-refractivity contribution >= 4 is 23.0 Å². The lowest BCUT2D eigenvalue weighted by molar-refractivity contribution is 0.274. The third kappa shape index (κ3) is 2.52. The third-order valence-corrected chi connectivity index (χ3v) is 5.14. The van der Waals surface area contributed by atoms with Crippen LogP contribution in [0.1, 0.15) is 35.5 Å². The zero-order valence-corrected chi connectivity index (χ0v) is 14.5. The number of thiocarbonyl (C=S) groups is 1. The summed E-state index contributed by atoms with van der Waals surface area (Å²) < 4.78 is 2.39. The molecule has 22 heavy (non-hydrogen) atoms. The van der Waals surface area contributed by atoms with Gasteiger partial charge in [-0.3, -0.25) is 0 Å². The van der Waals surface area contributed by atoms with E-state index < -0.39 is 0 Å². The van der Waals surface area contributed by atoms with Crippen molar-refractivity contribution in [3.05, 3.63) is 52.8 Å². The van der Waals surface area contributed by atoms with E-state index in [1.165, 1.54) is 22.5 Å². The number of nitrogens with zero attached hydrogens (tertiary/aromatic N) is 2. The summed E-state index contributed by atoms with van der Waals surface area (Å²) in [5, 5.41) is 4.25. The number of hydrogen-bond acceptors (Lipinski definition) is 1. The van der Waals surface area contributed by atoms with Gasteiger partial charge >= 0.3 is 0 Å². The highest BCUT2D eigenvalue weighted by molar-refractivity contribution is 7.80. The Balaban J connectivity index is 1.80. The van der Waals surface area contributed by atoms with Crippen LogP contribution in [-0.2, 0) is 6.54 Å². The molecule has 1 aromatic heterocycles. The molecule has 1 aromatic carbocycles. The Morgan fingerprint density at radius 1 is 1.14 bits per heavy atom. The van der Waals surface area contributed by atoms with E-state index in [1.807, 2.05) is 0 Å². The van der Waals surface area contributed by atoms with Gasteiger partial charge in [0.15, 0.2) is 5.11 Å². The lowest BCUT2D eigenvalue weighted by Crippen LogP contribution is -2.43. The van der Waals surface area contributed by atoms with Gasteiger partial charge in [0, 0.05) is 30.2 Å². The lowest BCUT2D eigenvalue weighted by Gasteiger charge is -2.37. The monoisotopic (exact) mass is 313 g/mol. The Bertz CT molecular complexity index is 717. The second-order valence-corrected chi connectivity index (χ2v) is 6.48. The van der Waals surface area contributed by atoms with Crippen molar-refractivity contribution in [2.45, 2.75) is 40.3 Å². The first-order valence-electron chi connectivity index (χ1n) is 7.79. The van der Waals surface area contributed by atoms with Crippen LogP contribution in [0.2, 0.25) is 0 Å². The fraction of sp³-hybridized carbons (Fsp3) is 0.389. The van der Waals surface area contributed by atoms with E-state index in [1.54, 1.807) is 0 Å². The van der Waals surface area contributed by atoms with Gasteiger partial charge in [0.05, 0.1) is 6.04 Å². The highest BCUT2D eigenvalue weighted by atomic mass is 32.1. The molecule has 2 heterocycles.